The van der Waals surface area contributed by atoms with Crippen molar-refractivity contribution in [2.75, 3.05) is 33.5 Å². The second-order valence-corrected chi connectivity index (χ2v) is 6.22. The maximum atomic E-state index is 12.0. The maximum absolute atomic E-state index is 12.0. The van der Waals surface area contributed by atoms with E-state index >= 15 is 0 Å². The molecule has 2 rings (SSSR count). The number of nitrogens with one attached hydrogen (secondary N) is 1. The average molecular weight is 302 g/mol. The van der Waals surface area contributed by atoms with Crippen LogP contribution in [0.3, 0.4) is 0 Å². The summed E-state index contributed by atoms with van der Waals surface area (Å²) in [5, 5.41) is 3.01. The van der Waals surface area contributed by atoms with Gasteiger partial charge in [-0.3, -0.25) is 4.79 Å². The zero-order chi connectivity index (χ0) is 16.1. The number of rotatable bonds is 4. The molecule has 0 saturated heterocycles. The quantitative estimate of drug-likeness (QED) is 0.686. The minimum absolute atomic E-state index is 0.147. The molecule has 0 aromatic heterocycles. The molecule has 0 bridgehead atoms. The van der Waals surface area contributed by atoms with Crippen molar-refractivity contribution in [3.05, 3.63) is 29.8 Å². The van der Waals surface area contributed by atoms with Gasteiger partial charge < -0.3 is 15.1 Å². The van der Waals surface area contributed by atoms with Crippen LogP contribution in [0.15, 0.2) is 29.3 Å². The smallest absolute Gasteiger partial charge is 0.227 e. The van der Waals surface area contributed by atoms with Gasteiger partial charge in [-0.05, 0) is 30.5 Å². The normalized spacial score (nSPS) is 14.0. The highest BCUT2D eigenvalue weighted by Gasteiger charge is 2.25. The van der Waals surface area contributed by atoms with Gasteiger partial charge in [0.05, 0.1) is 6.54 Å². The van der Waals surface area contributed by atoms with E-state index in [2.05, 4.69) is 10.3 Å². The number of anilines is 1. The van der Waals surface area contributed by atoms with E-state index < -0.39 is 0 Å². The lowest BCUT2D eigenvalue weighted by Gasteiger charge is -2.24. The van der Waals surface area contributed by atoms with Crippen LogP contribution in [0.1, 0.15) is 24.8 Å². The van der Waals surface area contributed by atoms with Crippen molar-refractivity contribution >= 4 is 17.6 Å². The van der Waals surface area contributed by atoms with Crippen LogP contribution >= 0.6 is 0 Å². The second kappa shape index (κ2) is 7.29. The molecule has 1 aliphatic carbocycles. The van der Waals surface area contributed by atoms with Gasteiger partial charge in [0.1, 0.15) is 0 Å². The van der Waals surface area contributed by atoms with Gasteiger partial charge in [-0.2, -0.15) is 0 Å². The van der Waals surface area contributed by atoms with Crippen molar-refractivity contribution < 1.29 is 4.79 Å². The highest BCUT2D eigenvalue weighted by atomic mass is 16.1. The van der Waals surface area contributed by atoms with Crippen LogP contribution in [0.4, 0.5) is 5.69 Å². The van der Waals surface area contributed by atoms with Crippen LogP contribution in [0.5, 0.6) is 0 Å². The van der Waals surface area contributed by atoms with Gasteiger partial charge in [0.2, 0.25) is 5.91 Å². The Balaban J connectivity index is 2.01. The zero-order valence-electron chi connectivity index (χ0n) is 14.0. The van der Waals surface area contributed by atoms with Crippen molar-refractivity contribution in [1.29, 1.82) is 0 Å². The Morgan fingerprint density at radius 3 is 2.45 bits per heavy atom. The summed E-state index contributed by atoms with van der Waals surface area (Å²) in [7, 11) is 7.92. The number of benzene rings is 1. The molecule has 1 N–H and O–H groups in total. The first-order chi connectivity index (χ1) is 10.5. The van der Waals surface area contributed by atoms with Gasteiger partial charge in [-0.1, -0.05) is 18.6 Å². The summed E-state index contributed by atoms with van der Waals surface area (Å²) >= 11 is 0. The molecule has 0 aliphatic heterocycles. The summed E-state index contributed by atoms with van der Waals surface area (Å²) in [4.78, 5) is 20.6. The van der Waals surface area contributed by atoms with Gasteiger partial charge in [-0.15, -0.1) is 0 Å². The number of aliphatic imine (C=N–C) groups is 1. The van der Waals surface area contributed by atoms with E-state index in [0.29, 0.717) is 6.54 Å². The summed E-state index contributed by atoms with van der Waals surface area (Å²) in [6, 6.07) is 7.93. The summed E-state index contributed by atoms with van der Waals surface area (Å²) in [6.07, 6.45) is 3.21. The third-order valence-electron chi connectivity index (χ3n) is 3.87. The summed E-state index contributed by atoms with van der Waals surface area (Å²) in [6.45, 7) is 0.596. The molecule has 5 heteroatoms. The van der Waals surface area contributed by atoms with Crippen LogP contribution in [0.25, 0.3) is 0 Å². The van der Waals surface area contributed by atoms with Gasteiger partial charge in [0.25, 0.3) is 0 Å². The molecular weight excluding hydrogens is 276 g/mol. The molecule has 0 atom stereocenters. The van der Waals surface area contributed by atoms with E-state index in [-0.39, 0.29) is 11.8 Å². The maximum Gasteiger partial charge on any atom is 0.227 e. The lowest BCUT2D eigenvalue weighted by molar-refractivity contribution is -0.122. The molecular formula is C17H26N4O. The van der Waals surface area contributed by atoms with Crippen molar-refractivity contribution in [2.45, 2.75) is 25.8 Å². The lowest BCUT2D eigenvalue weighted by Crippen LogP contribution is -2.35. The van der Waals surface area contributed by atoms with E-state index in [1.807, 2.05) is 62.3 Å². The third kappa shape index (κ3) is 4.23. The van der Waals surface area contributed by atoms with Gasteiger partial charge in [0, 0.05) is 39.8 Å². The average Bonchev–Trinajstić information content (AvgIpc) is 2.36. The number of nitrogens with zero attached hydrogens (tertiary/aromatic N) is 3. The number of hydrogen-bond donors (Lipinski definition) is 1. The molecule has 1 aromatic rings. The summed E-state index contributed by atoms with van der Waals surface area (Å²) < 4.78 is 0. The van der Waals surface area contributed by atoms with E-state index in [4.69, 9.17) is 0 Å². The van der Waals surface area contributed by atoms with E-state index in [1.165, 1.54) is 6.42 Å². The van der Waals surface area contributed by atoms with Gasteiger partial charge in [-0.25, -0.2) is 4.99 Å². The molecule has 22 heavy (non-hydrogen) atoms. The molecule has 1 fully saturated rings. The van der Waals surface area contributed by atoms with Crippen LogP contribution in [0, 0.1) is 5.92 Å². The first-order valence-electron chi connectivity index (χ1n) is 7.76. The van der Waals surface area contributed by atoms with E-state index in [9.17, 15) is 4.79 Å². The summed E-state index contributed by atoms with van der Waals surface area (Å²) in [5.41, 5.74) is 1.95. The molecule has 1 aliphatic rings. The fourth-order valence-corrected chi connectivity index (χ4v) is 2.51. The van der Waals surface area contributed by atoms with Crippen LogP contribution < -0.4 is 5.32 Å². The first kappa shape index (κ1) is 16.3. The van der Waals surface area contributed by atoms with Crippen molar-refractivity contribution in [3.63, 3.8) is 0 Å². The summed E-state index contributed by atoms with van der Waals surface area (Å²) in [5.74, 6) is 1.27. The number of carbonyl (C=O) groups excluding carboxylic acids is 1. The zero-order valence-corrected chi connectivity index (χ0v) is 14.0. The molecule has 0 heterocycles. The minimum Gasteiger partial charge on any atom is -0.349 e. The van der Waals surface area contributed by atoms with Crippen LogP contribution in [0.2, 0.25) is 0 Å². The fraction of sp³-hybridized carbons (Fsp3) is 0.529. The molecule has 1 aromatic carbocycles. The number of guanidine groups is 1. The second-order valence-electron chi connectivity index (χ2n) is 6.22. The minimum atomic E-state index is 0.147. The number of hydrogen-bond acceptors (Lipinski definition) is 2. The fourth-order valence-electron chi connectivity index (χ4n) is 2.51. The molecule has 120 valence electrons. The molecule has 0 radical (unpaired) electrons. The highest BCUT2D eigenvalue weighted by molar-refractivity contribution is 5.93. The topological polar surface area (TPSA) is 47.9 Å². The van der Waals surface area contributed by atoms with Crippen molar-refractivity contribution in [3.8, 4) is 0 Å². The molecule has 5 nitrogen and oxygen atoms in total. The van der Waals surface area contributed by atoms with Crippen molar-refractivity contribution in [1.82, 2.24) is 9.80 Å². The Morgan fingerprint density at radius 2 is 1.91 bits per heavy atom. The number of amides is 1. The largest absolute Gasteiger partial charge is 0.349 e. The Hall–Kier alpha value is -2.04. The Kier molecular flexibility index (Phi) is 5.41. The van der Waals surface area contributed by atoms with Crippen LogP contribution in [-0.2, 0) is 11.3 Å². The molecule has 1 amide bonds. The third-order valence-corrected chi connectivity index (χ3v) is 3.87. The van der Waals surface area contributed by atoms with E-state index in [0.717, 1.165) is 30.1 Å². The lowest BCUT2D eigenvalue weighted by atomic mass is 9.85. The van der Waals surface area contributed by atoms with Gasteiger partial charge >= 0.3 is 0 Å². The van der Waals surface area contributed by atoms with Crippen molar-refractivity contribution in [2.24, 2.45) is 10.9 Å². The highest BCUT2D eigenvalue weighted by Crippen LogP contribution is 2.27. The Labute approximate surface area is 133 Å². The molecule has 0 spiro atoms. The monoisotopic (exact) mass is 302 g/mol. The van der Waals surface area contributed by atoms with Crippen LogP contribution in [-0.4, -0.2) is 49.9 Å². The first-order valence-corrected chi connectivity index (χ1v) is 7.76. The Bertz CT molecular complexity index is 537. The molecule has 0 unspecified atom stereocenters. The number of carbonyl (C=O) groups is 1. The Morgan fingerprint density at radius 1 is 1.23 bits per heavy atom. The molecule has 1 saturated carbocycles. The SMILES string of the molecule is CN(C)C(=NCc1cccc(NC(=O)C2CCC2)c1)N(C)C. The predicted molar refractivity (Wildman–Crippen MR) is 90.9 cm³/mol. The predicted octanol–water partition coefficient (Wildman–Crippen LogP) is 2.40. The van der Waals surface area contributed by atoms with E-state index in [1.54, 1.807) is 0 Å². The van der Waals surface area contributed by atoms with Gasteiger partial charge in [0.15, 0.2) is 5.96 Å². The standard InChI is InChI=1S/C17H26N4O/c1-20(2)17(21(3)4)18-12-13-7-5-10-15(11-13)19-16(22)14-8-6-9-14/h5,7,10-11,14H,6,8-9,12H2,1-4H3,(H,19,22).